The van der Waals surface area contributed by atoms with Crippen LogP contribution in [0.4, 0.5) is 0 Å². The van der Waals surface area contributed by atoms with Crippen LogP contribution in [-0.4, -0.2) is 6.54 Å². The summed E-state index contributed by atoms with van der Waals surface area (Å²) in [6.07, 6.45) is 2.33. The summed E-state index contributed by atoms with van der Waals surface area (Å²) in [4.78, 5) is 0. The largest absolute Gasteiger partial charge is 0.310 e. The minimum atomic E-state index is 0.432. The molecule has 0 saturated heterocycles. The van der Waals surface area contributed by atoms with E-state index in [4.69, 9.17) is 0 Å². The average Bonchev–Trinajstić information content (AvgIpc) is 2.63. The SMILES string of the molecule is CC.CC.C[C@@H](NCCCc1ccccc1)c1ccccc1. The van der Waals surface area contributed by atoms with Crippen molar-refractivity contribution in [3.8, 4) is 0 Å². The Kier molecular flexibility index (Phi) is 13.3. The molecule has 0 aliphatic carbocycles. The van der Waals surface area contributed by atoms with E-state index in [9.17, 15) is 0 Å². The van der Waals surface area contributed by atoms with Crippen LogP contribution in [0.5, 0.6) is 0 Å². The molecule has 0 heterocycles. The smallest absolute Gasteiger partial charge is 0.0291 e. The molecule has 1 nitrogen and oxygen atoms in total. The Hall–Kier alpha value is -1.60. The van der Waals surface area contributed by atoms with E-state index in [1.807, 2.05) is 27.7 Å². The van der Waals surface area contributed by atoms with Crippen molar-refractivity contribution in [2.75, 3.05) is 6.54 Å². The van der Waals surface area contributed by atoms with Gasteiger partial charge in [-0.2, -0.15) is 0 Å². The fourth-order valence-corrected chi connectivity index (χ4v) is 2.12. The number of nitrogens with one attached hydrogen (secondary N) is 1. The van der Waals surface area contributed by atoms with Crippen LogP contribution in [0.25, 0.3) is 0 Å². The van der Waals surface area contributed by atoms with Crippen LogP contribution >= 0.6 is 0 Å². The van der Waals surface area contributed by atoms with E-state index >= 15 is 0 Å². The first kappa shape index (κ1) is 20.4. The fourth-order valence-electron chi connectivity index (χ4n) is 2.12. The third-order valence-electron chi connectivity index (χ3n) is 3.24. The van der Waals surface area contributed by atoms with Gasteiger partial charge < -0.3 is 5.32 Å². The monoisotopic (exact) mass is 299 g/mol. The Morgan fingerprint density at radius 3 is 1.82 bits per heavy atom. The van der Waals surface area contributed by atoms with Crippen LogP contribution in [0.2, 0.25) is 0 Å². The lowest BCUT2D eigenvalue weighted by atomic mass is 10.1. The van der Waals surface area contributed by atoms with Crippen molar-refractivity contribution in [1.82, 2.24) is 5.32 Å². The van der Waals surface area contributed by atoms with Crippen LogP contribution in [0.3, 0.4) is 0 Å². The summed E-state index contributed by atoms with van der Waals surface area (Å²) in [7, 11) is 0. The first-order valence-corrected chi connectivity index (χ1v) is 8.68. The summed E-state index contributed by atoms with van der Waals surface area (Å²) >= 11 is 0. The molecule has 0 fully saturated rings. The summed E-state index contributed by atoms with van der Waals surface area (Å²) in [5.41, 5.74) is 2.78. The average molecular weight is 300 g/mol. The highest BCUT2D eigenvalue weighted by Crippen LogP contribution is 2.11. The van der Waals surface area contributed by atoms with E-state index in [-0.39, 0.29) is 0 Å². The normalized spacial score (nSPS) is 10.6. The quantitative estimate of drug-likeness (QED) is 0.643. The van der Waals surface area contributed by atoms with Crippen LogP contribution in [0, 0.1) is 0 Å². The van der Waals surface area contributed by atoms with E-state index in [0.717, 1.165) is 13.0 Å². The topological polar surface area (TPSA) is 12.0 Å². The summed E-state index contributed by atoms with van der Waals surface area (Å²) in [6, 6.07) is 21.7. The molecule has 1 heteroatoms. The molecule has 0 radical (unpaired) electrons. The maximum absolute atomic E-state index is 3.57. The van der Waals surface area contributed by atoms with Gasteiger partial charge in [-0.1, -0.05) is 88.4 Å². The number of hydrogen-bond acceptors (Lipinski definition) is 1. The molecule has 122 valence electrons. The number of aryl methyl sites for hydroxylation is 1. The van der Waals surface area contributed by atoms with Crippen LogP contribution < -0.4 is 5.32 Å². The summed E-state index contributed by atoms with van der Waals surface area (Å²) < 4.78 is 0. The van der Waals surface area contributed by atoms with Crippen LogP contribution in [0.15, 0.2) is 60.7 Å². The van der Waals surface area contributed by atoms with E-state index in [1.54, 1.807) is 0 Å². The van der Waals surface area contributed by atoms with Gasteiger partial charge in [-0.3, -0.25) is 0 Å². The van der Waals surface area contributed by atoms with E-state index in [0.29, 0.717) is 6.04 Å². The number of rotatable bonds is 6. The molecular formula is C21H33N. The minimum Gasteiger partial charge on any atom is -0.310 e. The van der Waals surface area contributed by atoms with Gasteiger partial charge in [-0.05, 0) is 37.4 Å². The van der Waals surface area contributed by atoms with Crippen LogP contribution in [0.1, 0.15) is 58.2 Å². The zero-order valence-electron chi connectivity index (χ0n) is 15.0. The number of hydrogen-bond donors (Lipinski definition) is 1. The van der Waals surface area contributed by atoms with Crippen molar-refractivity contribution in [2.45, 2.75) is 53.5 Å². The van der Waals surface area contributed by atoms with Crippen LogP contribution in [-0.2, 0) is 6.42 Å². The maximum atomic E-state index is 3.57. The first-order valence-electron chi connectivity index (χ1n) is 8.68. The second-order valence-corrected chi connectivity index (χ2v) is 4.68. The van der Waals surface area contributed by atoms with Gasteiger partial charge in [-0.15, -0.1) is 0 Å². The highest BCUT2D eigenvalue weighted by atomic mass is 14.9. The predicted octanol–water partition coefficient (Wildman–Crippen LogP) is 6.02. The molecule has 0 bridgehead atoms. The number of benzene rings is 2. The van der Waals surface area contributed by atoms with Crippen molar-refractivity contribution in [2.24, 2.45) is 0 Å². The van der Waals surface area contributed by atoms with Gasteiger partial charge in [0.25, 0.3) is 0 Å². The Morgan fingerprint density at radius 1 is 0.773 bits per heavy atom. The lowest BCUT2D eigenvalue weighted by Crippen LogP contribution is -2.20. The fraction of sp³-hybridized carbons (Fsp3) is 0.429. The van der Waals surface area contributed by atoms with Crippen molar-refractivity contribution in [1.29, 1.82) is 0 Å². The molecule has 22 heavy (non-hydrogen) atoms. The van der Waals surface area contributed by atoms with E-state index in [1.165, 1.54) is 17.5 Å². The molecule has 0 saturated carbocycles. The van der Waals surface area contributed by atoms with Gasteiger partial charge in [0.05, 0.1) is 0 Å². The van der Waals surface area contributed by atoms with Gasteiger partial charge in [0.2, 0.25) is 0 Å². The molecule has 0 unspecified atom stereocenters. The second kappa shape index (κ2) is 14.3. The Morgan fingerprint density at radius 2 is 1.27 bits per heavy atom. The standard InChI is InChI=1S/C17H21N.2C2H6/c1-15(17-12-6-3-7-13-17)18-14-8-11-16-9-4-2-5-10-16;2*1-2/h2-7,9-10,12-13,15,18H,8,11,14H2,1H3;2*1-2H3/t15-;;/m1../s1. The molecule has 0 aliphatic rings. The zero-order chi connectivity index (χ0) is 16.6. The molecule has 2 rings (SSSR count). The van der Waals surface area contributed by atoms with E-state index in [2.05, 4.69) is 72.9 Å². The molecule has 2 aromatic carbocycles. The van der Waals surface area contributed by atoms with Crippen molar-refractivity contribution < 1.29 is 0 Å². The third kappa shape index (κ3) is 8.63. The third-order valence-corrected chi connectivity index (χ3v) is 3.24. The Balaban J connectivity index is 0.00000102. The molecule has 0 aromatic heterocycles. The lowest BCUT2D eigenvalue weighted by molar-refractivity contribution is 0.558. The summed E-state index contributed by atoms with van der Waals surface area (Å²) in [6.45, 7) is 11.3. The zero-order valence-corrected chi connectivity index (χ0v) is 15.0. The first-order chi connectivity index (χ1) is 10.9. The molecule has 1 atom stereocenters. The highest BCUT2D eigenvalue weighted by Gasteiger charge is 2.02. The molecule has 0 aliphatic heterocycles. The van der Waals surface area contributed by atoms with Gasteiger partial charge >= 0.3 is 0 Å². The van der Waals surface area contributed by atoms with Gasteiger partial charge in [0.15, 0.2) is 0 Å². The van der Waals surface area contributed by atoms with E-state index < -0.39 is 0 Å². The highest BCUT2D eigenvalue weighted by molar-refractivity contribution is 5.18. The maximum Gasteiger partial charge on any atom is 0.0291 e. The molecule has 0 amide bonds. The molecule has 2 aromatic rings. The molecule has 1 N–H and O–H groups in total. The lowest BCUT2D eigenvalue weighted by Gasteiger charge is -2.14. The Labute approximate surface area is 137 Å². The van der Waals surface area contributed by atoms with Gasteiger partial charge in [0, 0.05) is 6.04 Å². The van der Waals surface area contributed by atoms with Crippen molar-refractivity contribution >= 4 is 0 Å². The van der Waals surface area contributed by atoms with Gasteiger partial charge in [0.1, 0.15) is 0 Å². The summed E-state index contributed by atoms with van der Waals surface area (Å²) in [5.74, 6) is 0. The predicted molar refractivity (Wildman–Crippen MR) is 100 cm³/mol. The summed E-state index contributed by atoms with van der Waals surface area (Å²) in [5, 5.41) is 3.57. The Bertz CT molecular complexity index is 436. The second-order valence-electron chi connectivity index (χ2n) is 4.68. The van der Waals surface area contributed by atoms with Crippen molar-refractivity contribution in [3.05, 3.63) is 71.8 Å². The molecular weight excluding hydrogens is 266 g/mol. The minimum absolute atomic E-state index is 0.432. The molecule has 0 spiro atoms. The van der Waals surface area contributed by atoms with Crippen molar-refractivity contribution in [3.63, 3.8) is 0 Å². The van der Waals surface area contributed by atoms with Gasteiger partial charge in [-0.25, -0.2) is 0 Å².